The number of nitriles is 2. The number of aromatic nitrogens is 2. The Kier molecular flexibility index (Phi) is 3.44. The minimum atomic E-state index is -0.213. The van der Waals surface area contributed by atoms with Gasteiger partial charge in [0.2, 0.25) is 5.71 Å². The zero-order valence-corrected chi connectivity index (χ0v) is 10.7. The molecule has 6 nitrogen and oxygen atoms in total. The molecule has 0 bridgehead atoms. The Hall–Kier alpha value is -2.86. The maximum atomic E-state index is 8.59. The molecule has 2 aromatic rings. The number of rotatable bonds is 3. The molecule has 0 unspecified atom stereocenters. The predicted molar refractivity (Wildman–Crippen MR) is 72.4 cm³/mol. The summed E-state index contributed by atoms with van der Waals surface area (Å²) in [5.74, 6) is 1.00. The summed E-state index contributed by atoms with van der Waals surface area (Å²) in [6, 6.07) is 8.97. The average molecular weight is 252 g/mol. The van der Waals surface area contributed by atoms with E-state index in [0.717, 1.165) is 23.3 Å². The van der Waals surface area contributed by atoms with Gasteiger partial charge in [0.15, 0.2) is 0 Å². The Balaban J connectivity index is 2.36. The highest BCUT2D eigenvalue weighted by Gasteiger charge is 2.06. The zero-order valence-electron chi connectivity index (χ0n) is 10.7. The summed E-state index contributed by atoms with van der Waals surface area (Å²) in [7, 11) is 1.98. The quantitative estimate of drug-likeness (QED) is 0.667. The number of anilines is 1. The van der Waals surface area contributed by atoms with Gasteiger partial charge in [-0.05, 0) is 18.2 Å². The second-order valence-corrected chi connectivity index (χ2v) is 3.94. The van der Waals surface area contributed by atoms with Crippen molar-refractivity contribution in [3.05, 3.63) is 24.0 Å². The van der Waals surface area contributed by atoms with Crippen LogP contribution in [0, 0.1) is 22.7 Å². The second-order valence-electron chi connectivity index (χ2n) is 3.94. The monoisotopic (exact) mass is 252 g/mol. The maximum Gasteiger partial charge on any atom is 0.237 e. The second kappa shape index (κ2) is 5.19. The molecule has 0 fully saturated rings. The number of nitrogens with one attached hydrogen (secondary N) is 1. The van der Waals surface area contributed by atoms with Gasteiger partial charge in [-0.15, -0.1) is 0 Å². The largest absolute Gasteiger partial charge is 0.331 e. The molecule has 0 aliphatic rings. The molecule has 0 spiro atoms. The molecular formula is C13H12N6. The van der Waals surface area contributed by atoms with Crippen molar-refractivity contribution in [3.8, 4) is 12.1 Å². The van der Waals surface area contributed by atoms with Gasteiger partial charge in [-0.3, -0.25) is 5.43 Å². The summed E-state index contributed by atoms with van der Waals surface area (Å²) >= 11 is 0. The third kappa shape index (κ3) is 2.38. The highest BCUT2D eigenvalue weighted by atomic mass is 15.3. The van der Waals surface area contributed by atoms with Crippen LogP contribution in [-0.2, 0) is 13.5 Å². The molecule has 0 aliphatic carbocycles. The van der Waals surface area contributed by atoms with Gasteiger partial charge in [0.05, 0.1) is 16.7 Å². The van der Waals surface area contributed by atoms with E-state index in [1.54, 1.807) is 12.1 Å². The van der Waals surface area contributed by atoms with Crippen molar-refractivity contribution in [3.63, 3.8) is 0 Å². The first kappa shape index (κ1) is 12.6. The van der Waals surface area contributed by atoms with E-state index in [-0.39, 0.29) is 5.71 Å². The molecule has 2 rings (SSSR count). The number of aryl methyl sites for hydroxylation is 2. The summed E-state index contributed by atoms with van der Waals surface area (Å²) in [6.07, 6.45) is 0.860. The maximum absolute atomic E-state index is 8.59. The van der Waals surface area contributed by atoms with Crippen molar-refractivity contribution in [2.75, 3.05) is 5.43 Å². The molecule has 1 aromatic carbocycles. The van der Waals surface area contributed by atoms with Crippen LogP contribution in [0.1, 0.15) is 12.7 Å². The summed E-state index contributed by atoms with van der Waals surface area (Å²) in [5.41, 5.74) is 5.05. The first-order valence-electron chi connectivity index (χ1n) is 5.78. The van der Waals surface area contributed by atoms with Crippen molar-refractivity contribution < 1.29 is 0 Å². The van der Waals surface area contributed by atoms with E-state index in [1.165, 1.54) is 0 Å². The molecule has 0 saturated heterocycles. The third-order valence-electron chi connectivity index (χ3n) is 2.80. The third-order valence-corrected chi connectivity index (χ3v) is 2.80. The van der Waals surface area contributed by atoms with Crippen LogP contribution >= 0.6 is 0 Å². The Labute approximate surface area is 110 Å². The smallest absolute Gasteiger partial charge is 0.237 e. The zero-order chi connectivity index (χ0) is 13.8. The van der Waals surface area contributed by atoms with Crippen LogP contribution in [-0.4, -0.2) is 15.3 Å². The standard InChI is InChI=1S/C13H12N6/c1-3-13-16-11-6-9(4-5-12(11)19(13)2)17-18-10(7-14)8-15/h4-6,17H,3H2,1-2H3. The van der Waals surface area contributed by atoms with Gasteiger partial charge >= 0.3 is 0 Å². The van der Waals surface area contributed by atoms with Gasteiger partial charge < -0.3 is 4.57 Å². The highest BCUT2D eigenvalue weighted by molar-refractivity contribution is 6.10. The van der Waals surface area contributed by atoms with E-state index in [2.05, 4.69) is 22.4 Å². The number of nitrogens with zero attached hydrogens (tertiary/aromatic N) is 5. The molecule has 0 amide bonds. The summed E-state index contributed by atoms with van der Waals surface area (Å²) in [5, 5.41) is 20.9. The van der Waals surface area contributed by atoms with Crippen LogP contribution in [0.5, 0.6) is 0 Å². The Bertz CT molecular complexity index is 710. The Morgan fingerprint density at radius 1 is 1.42 bits per heavy atom. The van der Waals surface area contributed by atoms with Crippen LogP contribution in [0.25, 0.3) is 11.0 Å². The fourth-order valence-electron chi connectivity index (χ4n) is 1.83. The lowest BCUT2D eigenvalue weighted by molar-refractivity contribution is 0.829. The van der Waals surface area contributed by atoms with Gasteiger partial charge in [0, 0.05) is 13.5 Å². The van der Waals surface area contributed by atoms with Gasteiger partial charge in [-0.25, -0.2) is 4.98 Å². The fourth-order valence-corrected chi connectivity index (χ4v) is 1.83. The van der Waals surface area contributed by atoms with E-state index in [0.29, 0.717) is 5.69 Å². The van der Waals surface area contributed by atoms with Gasteiger partial charge in [-0.1, -0.05) is 6.92 Å². The fraction of sp³-hybridized carbons (Fsp3) is 0.231. The topological polar surface area (TPSA) is 89.8 Å². The van der Waals surface area contributed by atoms with Crippen LogP contribution in [0.4, 0.5) is 5.69 Å². The van der Waals surface area contributed by atoms with Crippen molar-refractivity contribution >= 4 is 22.4 Å². The van der Waals surface area contributed by atoms with Crippen molar-refractivity contribution in [1.29, 1.82) is 10.5 Å². The van der Waals surface area contributed by atoms with Crippen LogP contribution in [0.15, 0.2) is 23.3 Å². The average Bonchev–Trinajstić information content (AvgIpc) is 2.76. The van der Waals surface area contributed by atoms with E-state index < -0.39 is 0 Å². The van der Waals surface area contributed by atoms with Crippen molar-refractivity contribution in [2.45, 2.75) is 13.3 Å². The molecule has 94 valence electrons. The number of imidazole rings is 1. The molecule has 6 heteroatoms. The van der Waals surface area contributed by atoms with Gasteiger partial charge in [-0.2, -0.15) is 15.6 Å². The van der Waals surface area contributed by atoms with Crippen molar-refractivity contribution in [1.82, 2.24) is 9.55 Å². The molecule has 0 saturated carbocycles. The first-order chi connectivity index (χ1) is 9.19. The lowest BCUT2D eigenvalue weighted by Gasteiger charge is -2.00. The van der Waals surface area contributed by atoms with Crippen LogP contribution in [0.3, 0.4) is 0 Å². The highest BCUT2D eigenvalue weighted by Crippen LogP contribution is 2.19. The normalized spacial score (nSPS) is 9.68. The lowest BCUT2D eigenvalue weighted by Crippen LogP contribution is -1.96. The number of benzene rings is 1. The Morgan fingerprint density at radius 2 is 2.16 bits per heavy atom. The number of hydrogen-bond donors (Lipinski definition) is 1. The molecule has 0 atom stereocenters. The SMILES string of the molecule is CCc1nc2cc(NN=C(C#N)C#N)ccc2n1C. The molecule has 19 heavy (non-hydrogen) atoms. The minimum absolute atomic E-state index is 0.213. The summed E-state index contributed by atoms with van der Waals surface area (Å²) < 4.78 is 2.04. The number of hydrazone groups is 1. The molecule has 0 aliphatic heterocycles. The first-order valence-corrected chi connectivity index (χ1v) is 5.78. The van der Waals surface area contributed by atoms with E-state index >= 15 is 0 Å². The van der Waals surface area contributed by atoms with Crippen LogP contribution < -0.4 is 5.43 Å². The van der Waals surface area contributed by atoms with E-state index in [1.807, 2.05) is 29.8 Å². The molecule has 1 N–H and O–H groups in total. The van der Waals surface area contributed by atoms with Crippen molar-refractivity contribution in [2.24, 2.45) is 12.1 Å². The molecule has 0 radical (unpaired) electrons. The van der Waals surface area contributed by atoms with Gasteiger partial charge in [0.25, 0.3) is 0 Å². The Morgan fingerprint density at radius 3 is 2.79 bits per heavy atom. The lowest BCUT2D eigenvalue weighted by atomic mass is 10.3. The van der Waals surface area contributed by atoms with E-state index in [4.69, 9.17) is 10.5 Å². The number of hydrogen-bond acceptors (Lipinski definition) is 5. The number of fused-ring (bicyclic) bond motifs is 1. The minimum Gasteiger partial charge on any atom is -0.331 e. The molecular weight excluding hydrogens is 240 g/mol. The predicted octanol–water partition coefficient (Wildman–Crippen LogP) is 1.95. The summed E-state index contributed by atoms with van der Waals surface area (Å²) in [6.45, 7) is 2.05. The summed E-state index contributed by atoms with van der Waals surface area (Å²) in [4.78, 5) is 4.50. The molecule has 1 heterocycles. The van der Waals surface area contributed by atoms with E-state index in [9.17, 15) is 0 Å². The molecule has 1 aromatic heterocycles. The van der Waals surface area contributed by atoms with Gasteiger partial charge in [0.1, 0.15) is 18.0 Å². The van der Waals surface area contributed by atoms with Crippen LogP contribution in [0.2, 0.25) is 0 Å².